The summed E-state index contributed by atoms with van der Waals surface area (Å²) in [7, 11) is -37.3. The molecule has 0 radical (unpaired) electrons. The van der Waals surface area contributed by atoms with Crippen LogP contribution in [0.3, 0.4) is 0 Å². The van der Waals surface area contributed by atoms with Gasteiger partial charge in [0.1, 0.15) is 19.5 Å². The zero-order chi connectivity index (χ0) is 74.3. The lowest BCUT2D eigenvalue weighted by molar-refractivity contribution is -0.139. The van der Waals surface area contributed by atoms with E-state index in [-0.39, 0.29) is 5.97 Å². The largest absolute Gasteiger partial charge is 0.505 e. The Morgan fingerprint density at radius 2 is 0.740 bits per heavy atom. The van der Waals surface area contributed by atoms with E-state index in [2.05, 4.69) is 240 Å². The van der Waals surface area contributed by atoms with Gasteiger partial charge in [-0.25, -0.2) is 4.79 Å². The van der Waals surface area contributed by atoms with E-state index >= 15 is 0 Å². The fourth-order valence-corrected chi connectivity index (χ4v) is 94.4. The van der Waals surface area contributed by atoms with Gasteiger partial charge in [0.2, 0.25) is 0 Å². The van der Waals surface area contributed by atoms with E-state index in [1.54, 1.807) is 6.92 Å². The van der Waals surface area contributed by atoms with Gasteiger partial charge in [-0.3, -0.25) is 0 Å². The predicted octanol–water partition coefficient (Wildman–Crippen LogP) is 13.2. The highest BCUT2D eigenvalue weighted by atomic mass is 28.5. The van der Waals surface area contributed by atoms with E-state index in [0.717, 1.165) is 83.3 Å². The molecule has 3 unspecified atom stereocenters. The van der Waals surface area contributed by atoms with Gasteiger partial charge in [-0.1, -0.05) is 43.5 Å². The quantitative estimate of drug-likeness (QED) is 0.0262. The number of hydrogen-bond donors (Lipinski definition) is 0. The van der Waals surface area contributed by atoms with Crippen molar-refractivity contribution in [2.45, 2.75) is 295 Å². The molecule has 0 aromatic heterocycles. The van der Waals surface area contributed by atoms with Gasteiger partial charge in [-0.05, 0) is 288 Å². The van der Waals surface area contributed by atoms with Crippen molar-refractivity contribution in [3.05, 3.63) is 48.6 Å². The third-order valence-corrected chi connectivity index (χ3v) is 84.9. The Kier molecular flexibility index (Phi) is 48.4. The zero-order valence-electron chi connectivity index (χ0n) is 67.7. The Balaban J connectivity index is 0.00000189. The van der Waals surface area contributed by atoms with Crippen molar-refractivity contribution in [3.8, 4) is 0 Å². The average Bonchev–Trinajstić information content (AvgIpc) is 0.779. The molecule has 0 saturated heterocycles. The van der Waals surface area contributed by atoms with Gasteiger partial charge >= 0.3 is 32.4 Å². The van der Waals surface area contributed by atoms with Gasteiger partial charge in [-0.2, -0.15) is 0 Å². The van der Waals surface area contributed by atoms with Crippen LogP contribution in [0.4, 0.5) is 0 Å². The Morgan fingerprint density at radius 1 is 0.417 bits per heavy atom. The topological polar surface area (TPSA) is 156 Å². The van der Waals surface area contributed by atoms with Gasteiger partial charge in [-0.15, -0.1) is 0 Å². The van der Waals surface area contributed by atoms with E-state index < -0.39 is 195 Å². The van der Waals surface area contributed by atoms with Gasteiger partial charge in [0.15, 0.2) is 149 Å². The second-order valence-corrected chi connectivity index (χ2v) is 101. The molecule has 0 heterocycles. The standard InChI is InChI=1S/C30H76O8Si12.C28H74O8Si10/c1-18-29-19-21-30(22-20-29)50(36-46(12,13)25-23-39-31-41(2)3,37-47(14,15)26-24-40-32-42(4)5)38-48(16,17)27-28-49(33-43(6)7,34-44(8)9)35-45(10)11;1-27(2)28(29)30-19-18-23-46(34-43(12,13)24-20-40(9)31-37(3)4,35-44(14,15)25-21-41(10)32-38(5)6)36-45(16,17)26-22-42(11)33-39(7)8/h18-22,41-45H,1,23-28,39-40H2,2-17H3;37-42H,1,18-26H2,2-17H3. The average molecular weight is 1720 g/mol. The molecule has 0 amide bonds. The number of esters is 1. The number of ether oxygens (including phenoxy) is 1. The lowest BCUT2D eigenvalue weighted by Gasteiger charge is -2.45. The maximum absolute atomic E-state index is 12.2. The van der Waals surface area contributed by atoms with Crippen LogP contribution in [0, 0.1) is 0 Å². The molecule has 3 atom stereocenters. The molecule has 38 heteroatoms. The number of carbonyl (C=O) groups excluding carboxylic acids is 1. The maximum atomic E-state index is 12.2. The summed E-state index contributed by atoms with van der Waals surface area (Å²) in [4.78, 5) is 12.2. The highest BCUT2D eigenvalue weighted by Gasteiger charge is 2.56. The molecule has 0 aliphatic carbocycles. The minimum atomic E-state index is -3.43. The van der Waals surface area contributed by atoms with Gasteiger partial charge in [0, 0.05) is 22.8 Å². The second kappa shape index (κ2) is 47.2. The zero-order valence-corrected chi connectivity index (χ0v) is 92.2. The molecule has 0 aliphatic heterocycles. The third-order valence-electron chi connectivity index (χ3n) is 15.2. The van der Waals surface area contributed by atoms with Crippen LogP contribution < -0.4 is 5.19 Å². The number of hydrogen-bond acceptors (Lipinski definition) is 16. The normalized spacial score (nSPS) is 15.9. The number of rotatable bonds is 53. The second-order valence-electron chi connectivity index (χ2n) is 32.6. The van der Waals surface area contributed by atoms with Crippen LogP contribution in [0.15, 0.2) is 43.0 Å². The summed E-state index contributed by atoms with van der Waals surface area (Å²) in [5.41, 5.74) is 1.50. The lowest BCUT2D eigenvalue weighted by Crippen LogP contribution is -2.68. The molecule has 16 nitrogen and oxygen atoms in total. The Bertz CT molecular complexity index is 2170. The fourth-order valence-electron chi connectivity index (χ4n) is 11.2. The van der Waals surface area contributed by atoms with Crippen molar-refractivity contribution in [2.75, 3.05) is 6.61 Å². The van der Waals surface area contributed by atoms with E-state index in [1.807, 2.05) is 6.08 Å². The van der Waals surface area contributed by atoms with E-state index in [9.17, 15) is 4.79 Å². The molecule has 1 aromatic carbocycles. The molecule has 0 fully saturated rings. The molecule has 1 aromatic rings. The molecule has 566 valence electrons. The number of carbonyl (C=O) groups is 1. The monoisotopic (exact) mass is 1720 g/mol. The van der Waals surface area contributed by atoms with E-state index in [4.69, 9.17) is 62.3 Å². The third kappa shape index (κ3) is 47.1. The molecule has 0 N–H and O–H groups in total. The molecule has 0 bridgehead atoms. The van der Waals surface area contributed by atoms with Crippen LogP contribution in [0.5, 0.6) is 0 Å². The minimum Gasteiger partial charge on any atom is -0.463 e. The molecule has 96 heavy (non-hydrogen) atoms. The summed E-state index contributed by atoms with van der Waals surface area (Å²) in [6, 6.07) is 21.9. The van der Waals surface area contributed by atoms with E-state index in [0.29, 0.717) is 24.6 Å². The summed E-state index contributed by atoms with van der Waals surface area (Å²) in [5, 5.41) is 1.07. The summed E-state index contributed by atoms with van der Waals surface area (Å²) in [5.74, 6) is -0.345. The van der Waals surface area contributed by atoms with Gasteiger partial charge in [0.05, 0.1) is 6.61 Å². The Hall–Kier alpha value is 2.38. The SMILES string of the molecule is C=C(C)C(=O)OCCC[Si](O[Si](C)(C)CC[SiH](C)O[SiH](C)C)(O[Si](C)(C)CC[SiH](C)O[SiH](C)C)O[Si](C)(C)CC[SiH](C)O[SiH](C)C.C=Cc1ccc([Si](O[Si](C)(C)CC[SiH2]O[SiH](C)C)(O[Si](C)(C)CC[SiH2]O[SiH](C)C)O[Si](C)(C)CC[Si](O[SiH](C)C)(O[SiH](C)C)O[SiH](C)C)cc1. The van der Waals surface area contributed by atoms with Crippen molar-refractivity contribution in [3.63, 3.8) is 0 Å². The summed E-state index contributed by atoms with van der Waals surface area (Å²) in [6.07, 6.45) is 2.55. The fraction of sp³-hybridized carbons (Fsp3) is 0.810. The first kappa shape index (κ1) is 98.4. The smallest absolute Gasteiger partial charge is 0.463 e. The molecule has 1 rings (SSSR count). The van der Waals surface area contributed by atoms with Crippen LogP contribution in [0.25, 0.3) is 6.08 Å². The van der Waals surface area contributed by atoms with Gasteiger partial charge in [0.25, 0.3) is 0 Å². The molecular formula is C58H150O16Si22. The molecule has 0 saturated carbocycles. The van der Waals surface area contributed by atoms with Crippen LogP contribution >= 0.6 is 0 Å². The first-order chi connectivity index (χ1) is 43.8. The highest BCUT2D eigenvalue weighted by molar-refractivity contribution is 6.97. The highest BCUT2D eigenvalue weighted by Crippen LogP contribution is 2.37. The van der Waals surface area contributed by atoms with Crippen molar-refractivity contribution in [1.29, 1.82) is 0 Å². The van der Waals surface area contributed by atoms with Crippen molar-refractivity contribution < 1.29 is 67.1 Å². The Morgan fingerprint density at radius 3 is 1.03 bits per heavy atom. The first-order valence-electron chi connectivity index (χ1n) is 36.8. The lowest BCUT2D eigenvalue weighted by atomic mass is 10.2. The molecular weight excluding hydrogens is 1570 g/mol. The maximum Gasteiger partial charge on any atom is 0.505 e. The summed E-state index contributed by atoms with van der Waals surface area (Å²) >= 11 is 0. The van der Waals surface area contributed by atoms with Crippen LogP contribution in [-0.4, -0.2) is 208 Å². The van der Waals surface area contributed by atoms with Crippen LogP contribution in [0.2, 0.25) is 282 Å². The van der Waals surface area contributed by atoms with Gasteiger partial charge < -0.3 is 62.3 Å². The minimum absolute atomic E-state index is 0.312. The van der Waals surface area contributed by atoms with Crippen molar-refractivity contribution >= 4 is 213 Å². The van der Waals surface area contributed by atoms with Crippen molar-refractivity contribution in [1.82, 2.24) is 0 Å². The summed E-state index contributed by atoms with van der Waals surface area (Å²) in [6.45, 7) is 81.0. The first-order valence-corrected chi connectivity index (χ1v) is 93.8. The van der Waals surface area contributed by atoms with Crippen LogP contribution in [-0.2, 0) is 67.1 Å². The number of benzene rings is 1. The predicted molar refractivity (Wildman–Crippen MR) is 474 cm³/mol. The van der Waals surface area contributed by atoms with Crippen LogP contribution in [0.1, 0.15) is 18.9 Å². The summed E-state index contributed by atoms with van der Waals surface area (Å²) < 4.78 is 103. The van der Waals surface area contributed by atoms with Crippen molar-refractivity contribution in [2.24, 2.45) is 0 Å². The molecule has 0 spiro atoms. The Labute approximate surface area is 624 Å². The molecule has 0 aliphatic rings. The van der Waals surface area contributed by atoms with E-state index in [1.165, 1.54) is 0 Å².